The number of hydrogen-bond donors (Lipinski definition) is 0. The normalized spacial score (nSPS) is 13.8. The SMILES string of the molecule is O=C1C(=O)N(SCc2ccccc2)c2ccccc21. The molecule has 1 amide bonds. The van der Waals surface area contributed by atoms with Crippen molar-refractivity contribution >= 4 is 29.3 Å². The quantitative estimate of drug-likeness (QED) is 0.635. The minimum absolute atomic E-state index is 0.420. The number of nitrogens with zero attached hydrogens (tertiary/aromatic N) is 1. The molecule has 1 heterocycles. The number of rotatable bonds is 3. The third kappa shape index (κ3) is 2.15. The molecule has 0 spiro atoms. The van der Waals surface area contributed by atoms with E-state index in [2.05, 4.69) is 0 Å². The summed E-state index contributed by atoms with van der Waals surface area (Å²) in [6.45, 7) is 0. The summed E-state index contributed by atoms with van der Waals surface area (Å²) in [6.07, 6.45) is 0. The Kier molecular flexibility index (Phi) is 3.09. The van der Waals surface area contributed by atoms with E-state index in [9.17, 15) is 9.59 Å². The zero-order valence-electron chi connectivity index (χ0n) is 10.1. The van der Waals surface area contributed by atoms with Crippen molar-refractivity contribution in [1.82, 2.24) is 0 Å². The first kappa shape index (κ1) is 12.0. The molecule has 0 saturated carbocycles. The van der Waals surface area contributed by atoms with Crippen LogP contribution in [-0.2, 0) is 10.5 Å². The summed E-state index contributed by atoms with van der Waals surface area (Å²) in [5.74, 6) is -0.216. The number of benzene rings is 2. The Morgan fingerprint density at radius 2 is 1.58 bits per heavy atom. The van der Waals surface area contributed by atoms with Crippen LogP contribution in [0.3, 0.4) is 0 Å². The van der Waals surface area contributed by atoms with Crippen molar-refractivity contribution in [1.29, 1.82) is 0 Å². The standard InChI is InChI=1S/C15H11NO2S/c17-14-12-8-4-5-9-13(12)16(15(14)18)19-10-11-6-2-1-3-7-11/h1-9H,10H2. The summed E-state index contributed by atoms with van der Waals surface area (Å²) in [4.78, 5) is 23.8. The first-order valence-electron chi connectivity index (χ1n) is 5.92. The maximum absolute atomic E-state index is 11.9. The van der Waals surface area contributed by atoms with Gasteiger partial charge in [0.2, 0.25) is 0 Å². The topological polar surface area (TPSA) is 37.4 Å². The molecule has 0 fully saturated rings. The van der Waals surface area contributed by atoms with Gasteiger partial charge in [0.15, 0.2) is 0 Å². The molecule has 2 aromatic carbocycles. The molecule has 0 bridgehead atoms. The predicted octanol–water partition coefficient (Wildman–Crippen LogP) is 3.06. The number of fused-ring (bicyclic) bond motifs is 1. The van der Waals surface area contributed by atoms with Gasteiger partial charge < -0.3 is 0 Å². The molecule has 94 valence electrons. The fourth-order valence-electron chi connectivity index (χ4n) is 2.00. The molecule has 3 rings (SSSR count). The lowest BCUT2D eigenvalue weighted by Crippen LogP contribution is -2.23. The van der Waals surface area contributed by atoms with Gasteiger partial charge in [0, 0.05) is 5.75 Å². The second-order valence-electron chi connectivity index (χ2n) is 4.20. The van der Waals surface area contributed by atoms with Gasteiger partial charge in [-0.05, 0) is 29.6 Å². The van der Waals surface area contributed by atoms with Crippen molar-refractivity contribution in [2.75, 3.05) is 4.31 Å². The zero-order valence-corrected chi connectivity index (χ0v) is 10.9. The molecule has 19 heavy (non-hydrogen) atoms. The minimum Gasteiger partial charge on any atom is -0.283 e. The average Bonchev–Trinajstić information content (AvgIpc) is 2.71. The van der Waals surface area contributed by atoms with Gasteiger partial charge in [0.05, 0.1) is 11.3 Å². The van der Waals surface area contributed by atoms with Gasteiger partial charge in [0.25, 0.3) is 5.78 Å². The lowest BCUT2D eigenvalue weighted by molar-refractivity contribution is -0.113. The molecule has 2 aromatic rings. The minimum atomic E-state index is -0.456. The molecule has 1 aliphatic rings. The monoisotopic (exact) mass is 269 g/mol. The summed E-state index contributed by atoms with van der Waals surface area (Å²) in [5, 5.41) is 0. The van der Waals surface area contributed by atoms with Crippen LogP contribution in [0.2, 0.25) is 0 Å². The van der Waals surface area contributed by atoms with Crippen LogP contribution >= 0.6 is 11.9 Å². The van der Waals surface area contributed by atoms with Crippen molar-refractivity contribution in [2.45, 2.75) is 5.75 Å². The van der Waals surface area contributed by atoms with E-state index in [1.165, 1.54) is 16.3 Å². The Morgan fingerprint density at radius 3 is 2.37 bits per heavy atom. The first-order chi connectivity index (χ1) is 9.27. The van der Waals surface area contributed by atoms with Gasteiger partial charge in [0.1, 0.15) is 0 Å². The van der Waals surface area contributed by atoms with Gasteiger partial charge in [-0.25, -0.2) is 4.31 Å². The highest BCUT2D eigenvalue weighted by Crippen LogP contribution is 2.34. The zero-order chi connectivity index (χ0) is 13.2. The molecule has 0 atom stereocenters. The molecule has 0 radical (unpaired) electrons. The highest BCUT2D eigenvalue weighted by atomic mass is 32.2. The fraction of sp³-hybridized carbons (Fsp3) is 0.0667. The Bertz CT molecular complexity index is 640. The molecule has 1 aliphatic heterocycles. The van der Waals surface area contributed by atoms with Crippen molar-refractivity contribution in [2.24, 2.45) is 0 Å². The van der Waals surface area contributed by atoms with E-state index in [4.69, 9.17) is 0 Å². The lowest BCUT2D eigenvalue weighted by atomic mass is 10.1. The number of carbonyl (C=O) groups excluding carboxylic acids is 2. The van der Waals surface area contributed by atoms with Crippen molar-refractivity contribution in [3.8, 4) is 0 Å². The third-order valence-corrected chi connectivity index (χ3v) is 4.03. The van der Waals surface area contributed by atoms with Crippen LogP contribution in [0.4, 0.5) is 5.69 Å². The van der Waals surface area contributed by atoms with E-state index in [1.807, 2.05) is 36.4 Å². The highest BCUT2D eigenvalue weighted by molar-refractivity contribution is 8.00. The van der Waals surface area contributed by atoms with E-state index in [1.54, 1.807) is 18.2 Å². The Labute approximate surface area is 115 Å². The molecule has 0 aromatic heterocycles. The van der Waals surface area contributed by atoms with Gasteiger partial charge in [-0.15, -0.1) is 0 Å². The molecule has 4 heteroatoms. The Balaban J connectivity index is 1.82. The number of amides is 1. The third-order valence-electron chi connectivity index (χ3n) is 2.95. The lowest BCUT2D eigenvalue weighted by Gasteiger charge is -2.14. The highest BCUT2D eigenvalue weighted by Gasteiger charge is 2.35. The van der Waals surface area contributed by atoms with Crippen molar-refractivity contribution in [3.63, 3.8) is 0 Å². The van der Waals surface area contributed by atoms with Crippen LogP contribution in [0.5, 0.6) is 0 Å². The number of hydrogen-bond acceptors (Lipinski definition) is 3. The largest absolute Gasteiger partial charge is 0.309 e. The number of Topliss-reactive ketones (excluding diaryl/α,β-unsaturated/α-hetero) is 1. The fourth-order valence-corrected chi connectivity index (χ4v) is 2.97. The molecular weight excluding hydrogens is 258 g/mol. The summed E-state index contributed by atoms with van der Waals surface area (Å²) >= 11 is 1.35. The summed E-state index contributed by atoms with van der Waals surface area (Å²) in [6, 6.07) is 17.0. The van der Waals surface area contributed by atoms with Crippen LogP contribution in [0.15, 0.2) is 54.6 Å². The molecule has 3 nitrogen and oxygen atoms in total. The van der Waals surface area contributed by atoms with Crippen LogP contribution in [0.25, 0.3) is 0 Å². The predicted molar refractivity (Wildman–Crippen MR) is 76.0 cm³/mol. The van der Waals surface area contributed by atoms with Gasteiger partial charge in [-0.3, -0.25) is 9.59 Å². The number of para-hydroxylation sites is 1. The molecule has 0 unspecified atom stereocenters. The van der Waals surface area contributed by atoms with Crippen molar-refractivity contribution < 1.29 is 9.59 Å². The average molecular weight is 269 g/mol. The van der Waals surface area contributed by atoms with E-state index in [0.29, 0.717) is 17.0 Å². The second kappa shape index (κ2) is 4.90. The first-order valence-corrected chi connectivity index (χ1v) is 6.86. The van der Waals surface area contributed by atoms with E-state index in [0.717, 1.165) is 5.56 Å². The molecule has 0 aliphatic carbocycles. The number of ketones is 1. The van der Waals surface area contributed by atoms with E-state index < -0.39 is 11.7 Å². The van der Waals surface area contributed by atoms with Gasteiger partial charge in [-0.2, -0.15) is 0 Å². The Morgan fingerprint density at radius 1 is 0.895 bits per heavy atom. The summed E-state index contributed by atoms with van der Waals surface area (Å²) in [5.41, 5.74) is 2.31. The van der Waals surface area contributed by atoms with Crippen molar-refractivity contribution in [3.05, 3.63) is 65.7 Å². The van der Waals surface area contributed by atoms with Crippen LogP contribution in [0.1, 0.15) is 15.9 Å². The Hall–Kier alpha value is -2.07. The van der Waals surface area contributed by atoms with Crippen LogP contribution in [-0.4, -0.2) is 11.7 Å². The van der Waals surface area contributed by atoms with E-state index in [-0.39, 0.29) is 0 Å². The molecule has 0 saturated heterocycles. The summed E-state index contributed by atoms with van der Waals surface area (Å²) < 4.78 is 1.49. The maximum Gasteiger partial charge on any atom is 0.309 e. The molecule has 0 N–H and O–H groups in total. The van der Waals surface area contributed by atoms with Gasteiger partial charge >= 0.3 is 5.91 Å². The van der Waals surface area contributed by atoms with Crippen LogP contribution < -0.4 is 4.31 Å². The number of carbonyl (C=O) groups is 2. The van der Waals surface area contributed by atoms with E-state index >= 15 is 0 Å². The summed E-state index contributed by atoms with van der Waals surface area (Å²) in [7, 11) is 0. The maximum atomic E-state index is 11.9. The van der Waals surface area contributed by atoms with Crippen LogP contribution in [0, 0.1) is 0 Å². The molecular formula is C15H11NO2S. The number of anilines is 1. The van der Waals surface area contributed by atoms with Gasteiger partial charge in [-0.1, -0.05) is 42.5 Å². The smallest absolute Gasteiger partial charge is 0.283 e. The second-order valence-corrected chi connectivity index (χ2v) is 5.12.